The smallest absolute Gasteiger partial charge is 0.263 e. The maximum absolute atomic E-state index is 13.0. The van der Waals surface area contributed by atoms with Crippen molar-refractivity contribution in [1.82, 2.24) is 5.32 Å². The summed E-state index contributed by atoms with van der Waals surface area (Å²) in [5.41, 5.74) is 0.0516. The van der Waals surface area contributed by atoms with E-state index in [9.17, 15) is 4.79 Å². The van der Waals surface area contributed by atoms with Gasteiger partial charge in [-0.05, 0) is 100 Å². The number of aryl methyl sites for hydroxylation is 1. The molecule has 25 heavy (non-hydrogen) atoms. The lowest BCUT2D eigenvalue weighted by Gasteiger charge is -2.54. The fraction of sp³-hybridized carbons (Fsp3) is 0.667. The average Bonchev–Trinajstić information content (AvgIpc) is 2.52. The summed E-state index contributed by atoms with van der Waals surface area (Å²) in [6.45, 7) is 5.66. The molecule has 4 bridgehead atoms. The van der Waals surface area contributed by atoms with Crippen LogP contribution in [0.5, 0.6) is 5.75 Å². The van der Waals surface area contributed by atoms with Gasteiger partial charge in [-0.15, -0.1) is 0 Å². The Morgan fingerprint density at radius 2 is 1.72 bits per heavy atom. The lowest BCUT2D eigenvalue weighted by Crippen LogP contribution is -2.59. The van der Waals surface area contributed by atoms with Crippen LogP contribution in [0.15, 0.2) is 18.2 Å². The van der Waals surface area contributed by atoms with Crippen LogP contribution < -0.4 is 10.1 Å². The molecular weight excluding hydrogens is 334 g/mol. The molecule has 4 saturated carbocycles. The third-order valence-corrected chi connectivity index (χ3v) is 6.81. The average molecular weight is 362 g/mol. The number of carbonyl (C=O) groups is 1. The minimum absolute atomic E-state index is 0.000626. The van der Waals surface area contributed by atoms with Gasteiger partial charge in [-0.2, -0.15) is 0 Å². The SMILES string of the molecule is Cc1cc(Cl)ccc1OC(C)(C)C(=O)NC1C2CC3CC(C2)CC1C3. The van der Waals surface area contributed by atoms with Gasteiger partial charge in [-0.3, -0.25) is 4.79 Å². The van der Waals surface area contributed by atoms with E-state index in [4.69, 9.17) is 16.3 Å². The lowest BCUT2D eigenvalue weighted by atomic mass is 9.54. The summed E-state index contributed by atoms with van der Waals surface area (Å²) in [7, 11) is 0. The van der Waals surface area contributed by atoms with E-state index in [-0.39, 0.29) is 5.91 Å². The van der Waals surface area contributed by atoms with Gasteiger partial charge in [0.25, 0.3) is 5.91 Å². The van der Waals surface area contributed by atoms with E-state index >= 15 is 0 Å². The summed E-state index contributed by atoms with van der Waals surface area (Å²) in [5.74, 6) is 3.89. The Balaban J connectivity index is 1.44. The zero-order chi connectivity index (χ0) is 17.8. The van der Waals surface area contributed by atoms with Crippen LogP contribution in [0.4, 0.5) is 0 Å². The molecule has 4 fully saturated rings. The van der Waals surface area contributed by atoms with Gasteiger partial charge in [0.05, 0.1) is 0 Å². The van der Waals surface area contributed by atoms with Gasteiger partial charge in [-0.25, -0.2) is 0 Å². The molecule has 0 unspecified atom stereocenters. The van der Waals surface area contributed by atoms with Gasteiger partial charge in [0, 0.05) is 11.1 Å². The van der Waals surface area contributed by atoms with Crippen LogP contribution in [0.1, 0.15) is 51.5 Å². The Labute approximate surface area is 155 Å². The summed E-state index contributed by atoms with van der Waals surface area (Å²) >= 11 is 6.01. The van der Waals surface area contributed by atoms with Crippen molar-refractivity contribution in [3.05, 3.63) is 28.8 Å². The Morgan fingerprint density at radius 1 is 1.12 bits per heavy atom. The number of carbonyl (C=O) groups excluding carboxylic acids is 1. The van der Waals surface area contributed by atoms with Crippen LogP contribution in [0.2, 0.25) is 5.02 Å². The van der Waals surface area contributed by atoms with Gasteiger partial charge in [0.2, 0.25) is 0 Å². The number of rotatable bonds is 4. The van der Waals surface area contributed by atoms with Gasteiger partial charge in [0.1, 0.15) is 5.75 Å². The maximum Gasteiger partial charge on any atom is 0.263 e. The maximum atomic E-state index is 13.0. The quantitative estimate of drug-likeness (QED) is 0.840. The molecule has 0 aliphatic heterocycles. The number of hydrogen-bond donors (Lipinski definition) is 1. The summed E-state index contributed by atoms with van der Waals surface area (Å²) in [4.78, 5) is 13.0. The molecule has 0 radical (unpaired) electrons. The first-order chi connectivity index (χ1) is 11.8. The van der Waals surface area contributed by atoms with E-state index < -0.39 is 5.60 Å². The monoisotopic (exact) mass is 361 g/mol. The van der Waals surface area contributed by atoms with Crippen molar-refractivity contribution in [2.24, 2.45) is 23.7 Å². The van der Waals surface area contributed by atoms with Crippen molar-refractivity contribution in [2.45, 2.75) is 64.5 Å². The fourth-order valence-corrected chi connectivity index (χ4v) is 5.76. The molecule has 5 rings (SSSR count). The number of hydrogen-bond acceptors (Lipinski definition) is 2. The van der Waals surface area contributed by atoms with Crippen molar-refractivity contribution < 1.29 is 9.53 Å². The van der Waals surface area contributed by atoms with Crippen LogP contribution in [0.25, 0.3) is 0 Å². The fourth-order valence-electron chi connectivity index (χ4n) is 5.53. The first kappa shape index (κ1) is 17.2. The van der Waals surface area contributed by atoms with Gasteiger partial charge >= 0.3 is 0 Å². The number of benzene rings is 1. The third kappa shape index (κ3) is 3.28. The molecule has 0 aromatic heterocycles. The molecular formula is C21H28ClNO2. The van der Waals surface area contributed by atoms with Gasteiger partial charge < -0.3 is 10.1 Å². The molecule has 1 N–H and O–H groups in total. The van der Waals surface area contributed by atoms with E-state index in [0.717, 1.165) is 23.1 Å². The Morgan fingerprint density at radius 3 is 2.28 bits per heavy atom. The minimum atomic E-state index is -0.896. The molecule has 3 nitrogen and oxygen atoms in total. The van der Waals surface area contributed by atoms with E-state index in [2.05, 4.69) is 5.32 Å². The molecule has 0 heterocycles. The largest absolute Gasteiger partial charge is 0.478 e. The second-order valence-electron chi connectivity index (χ2n) is 8.95. The number of ether oxygens (including phenoxy) is 1. The zero-order valence-electron chi connectivity index (χ0n) is 15.3. The van der Waals surface area contributed by atoms with Crippen molar-refractivity contribution in [2.75, 3.05) is 0 Å². The van der Waals surface area contributed by atoms with Gasteiger partial charge in [0.15, 0.2) is 5.60 Å². The van der Waals surface area contributed by atoms with Crippen LogP contribution in [-0.4, -0.2) is 17.6 Å². The topological polar surface area (TPSA) is 38.3 Å². The standard InChI is InChI=1S/C21H28ClNO2/c1-12-6-17(22)4-5-18(12)25-21(2,3)20(24)23-19-15-8-13-7-14(10-15)11-16(19)9-13/h4-6,13-16,19H,7-11H2,1-3H3,(H,23,24). The summed E-state index contributed by atoms with van der Waals surface area (Å²) in [6, 6.07) is 5.85. The normalized spacial score (nSPS) is 33.4. The van der Waals surface area contributed by atoms with Crippen LogP contribution in [0.3, 0.4) is 0 Å². The highest BCUT2D eigenvalue weighted by molar-refractivity contribution is 6.30. The van der Waals surface area contributed by atoms with Crippen molar-refractivity contribution >= 4 is 17.5 Å². The van der Waals surface area contributed by atoms with Crippen LogP contribution >= 0.6 is 11.6 Å². The third-order valence-electron chi connectivity index (χ3n) is 6.57. The molecule has 1 aromatic rings. The molecule has 1 aromatic carbocycles. The molecule has 4 aliphatic rings. The Kier molecular flexibility index (Phi) is 4.26. The van der Waals surface area contributed by atoms with Crippen LogP contribution in [0, 0.1) is 30.6 Å². The number of halogens is 1. The molecule has 4 heteroatoms. The first-order valence-electron chi connectivity index (χ1n) is 9.58. The van der Waals surface area contributed by atoms with E-state index in [1.54, 1.807) is 6.07 Å². The first-order valence-corrected chi connectivity index (χ1v) is 9.96. The zero-order valence-corrected chi connectivity index (χ0v) is 16.1. The van der Waals surface area contributed by atoms with Crippen molar-refractivity contribution in [3.63, 3.8) is 0 Å². The van der Waals surface area contributed by atoms with E-state index in [0.29, 0.717) is 22.9 Å². The van der Waals surface area contributed by atoms with Crippen molar-refractivity contribution in [3.8, 4) is 5.75 Å². The second-order valence-corrected chi connectivity index (χ2v) is 9.39. The lowest BCUT2D eigenvalue weighted by molar-refractivity contribution is -0.138. The van der Waals surface area contributed by atoms with Crippen LogP contribution in [-0.2, 0) is 4.79 Å². The Bertz CT molecular complexity index is 656. The number of nitrogens with one attached hydrogen (secondary N) is 1. The molecule has 0 saturated heterocycles. The molecule has 1 amide bonds. The molecule has 0 atom stereocenters. The molecule has 136 valence electrons. The highest BCUT2D eigenvalue weighted by Crippen LogP contribution is 2.53. The summed E-state index contributed by atoms with van der Waals surface area (Å²) < 4.78 is 6.07. The predicted molar refractivity (Wildman–Crippen MR) is 99.9 cm³/mol. The minimum Gasteiger partial charge on any atom is -0.478 e. The van der Waals surface area contributed by atoms with E-state index in [1.807, 2.05) is 32.9 Å². The molecule has 0 spiro atoms. The number of amides is 1. The van der Waals surface area contributed by atoms with Crippen molar-refractivity contribution in [1.29, 1.82) is 0 Å². The second kappa shape index (κ2) is 6.19. The Hall–Kier alpha value is -1.22. The highest BCUT2D eigenvalue weighted by Gasteiger charge is 2.49. The predicted octanol–water partition coefficient (Wildman–Crippen LogP) is 4.75. The highest BCUT2D eigenvalue weighted by atomic mass is 35.5. The summed E-state index contributed by atoms with van der Waals surface area (Å²) in [6.07, 6.45) is 6.63. The summed E-state index contributed by atoms with van der Waals surface area (Å²) in [5, 5.41) is 4.04. The van der Waals surface area contributed by atoms with Gasteiger partial charge in [-0.1, -0.05) is 11.6 Å². The molecule has 4 aliphatic carbocycles. The van der Waals surface area contributed by atoms with E-state index in [1.165, 1.54) is 32.1 Å².